The Bertz CT molecular complexity index is 872. The third kappa shape index (κ3) is 3.46. The number of aromatic nitrogens is 2. The van der Waals surface area contributed by atoms with Crippen LogP contribution in [0.3, 0.4) is 0 Å². The van der Waals surface area contributed by atoms with E-state index < -0.39 is 0 Å². The number of fused-ring (bicyclic) bond motifs is 5. The van der Waals surface area contributed by atoms with E-state index in [2.05, 4.69) is 25.0 Å². The van der Waals surface area contributed by atoms with Crippen molar-refractivity contribution in [3.63, 3.8) is 0 Å². The average molecular weight is 424 g/mol. The van der Waals surface area contributed by atoms with E-state index in [9.17, 15) is 4.79 Å². The normalized spacial score (nSPS) is 44.1. The van der Waals surface area contributed by atoms with Gasteiger partial charge in [-0.05, 0) is 85.9 Å². The van der Waals surface area contributed by atoms with Gasteiger partial charge in [-0.1, -0.05) is 20.3 Å². The Kier molecular flexibility index (Phi) is 5.49. The maximum atomic E-state index is 13.5. The Labute approximate surface area is 186 Å². The summed E-state index contributed by atoms with van der Waals surface area (Å²) in [4.78, 5) is 13.5. The quantitative estimate of drug-likeness (QED) is 0.694. The van der Waals surface area contributed by atoms with Gasteiger partial charge in [0.05, 0.1) is 24.4 Å². The lowest BCUT2D eigenvalue weighted by molar-refractivity contribution is -0.132. The fourth-order valence-corrected chi connectivity index (χ4v) is 8.64. The Morgan fingerprint density at radius 3 is 2.77 bits per heavy atom. The van der Waals surface area contributed by atoms with Crippen molar-refractivity contribution in [3.8, 4) is 6.07 Å². The number of hydrogen-bond acceptors (Lipinski definition) is 4. The Hall–Kier alpha value is -1.67. The van der Waals surface area contributed by atoms with Gasteiger partial charge in [0.2, 0.25) is 0 Å². The molecule has 0 bridgehead atoms. The third-order valence-electron chi connectivity index (χ3n) is 9.95. The minimum Gasteiger partial charge on any atom is -0.381 e. The monoisotopic (exact) mass is 423 g/mol. The highest BCUT2D eigenvalue weighted by Crippen LogP contribution is 2.65. The number of methoxy groups -OCH3 is 1. The first-order valence-corrected chi connectivity index (χ1v) is 12.4. The summed E-state index contributed by atoms with van der Waals surface area (Å²) in [6.45, 7) is 5.09. The molecule has 0 N–H and O–H groups in total. The van der Waals surface area contributed by atoms with Crippen molar-refractivity contribution >= 4 is 5.78 Å². The fraction of sp³-hybridized carbons (Fsp3) is 0.808. The minimum atomic E-state index is 0.0267. The van der Waals surface area contributed by atoms with Crippen molar-refractivity contribution in [1.82, 2.24) is 9.78 Å². The highest BCUT2D eigenvalue weighted by molar-refractivity contribution is 5.82. The number of rotatable bonds is 4. The molecule has 5 heteroatoms. The van der Waals surface area contributed by atoms with Gasteiger partial charge < -0.3 is 4.74 Å². The first-order valence-electron chi connectivity index (χ1n) is 12.4. The molecule has 5 rings (SSSR count). The molecule has 0 spiro atoms. The van der Waals surface area contributed by atoms with Gasteiger partial charge in [0.1, 0.15) is 6.07 Å². The Balaban J connectivity index is 1.37. The molecule has 4 aliphatic rings. The van der Waals surface area contributed by atoms with E-state index in [1.165, 1.54) is 38.5 Å². The molecular weight excluding hydrogens is 386 g/mol. The summed E-state index contributed by atoms with van der Waals surface area (Å²) in [5.41, 5.74) is 0.538. The summed E-state index contributed by atoms with van der Waals surface area (Å²) in [7, 11) is 1.85. The summed E-state index contributed by atoms with van der Waals surface area (Å²) in [5, 5.41) is 13.3. The summed E-state index contributed by atoms with van der Waals surface area (Å²) in [6, 6.07) is 2.10. The van der Waals surface area contributed by atoms with Crippen molar-refractivity contribution in [2.24, 2.45) is 46.8 Å². The van der Waals surface area contributed by atoms with Gasteiger partial charge in [0.15, 0.2) is 5.78 Å². The molecule has 4 saturated carbocycles. The van der Waals surface area contributed by atoms with Gasteiger partial charge in [0.25, 0.3) is 0 Å². The highest BCUT2D eigenvalue weighted by atomic mass is 16.5. The molecule has 168 valence electrons. The van der Waals surface area contributed by atoms with Crippen LogP contribution >= 0.6 is 0 Å². The molecule has 4 fully saturated rings. The second-order valence-electron chi connectivity index (χ2n) is 11.4. The van der Waals surface area contributed by atoms with E-state index in [4.69, 9.17) is 10.00 Å². The van der Waals surface area contributed by atoms with Crippen LogP contribution in [0.15, 0.2) is 12.4 Å². The number of nitriles is 1. The number of ketones is 1. The summed E-state index contributed by atoms with van der Waals surface area (Å²) in [5.74, 6) is 5.07. The molecule has 31 heavy (non-hydrogen) atoms. The Morgan fingerprint density at radius 2 is 2.03 bits per heavy atom. The molecule has 0 aliphatic heterocycles. The third-order valence-corrected chi connectivity index (χ3v) is 9.95. The van der Waals surface area contributed by atoms with Crippen LogP contribution in [-0.4, -0.2) is 28.8 Å². The smallest absolute Gasteiger partial charge is 0.157 e. The molecule has 1 heterocycles. The molecular formula is C26H37N3O2. The molecule has 0 saturated heterocycles. The Morgan fingerprint density at radius 1 is 1.23 bits per heavy atom. The second-order valence-corrected chi connectivity index (χ2v) is 11.4. The van der Waals surface area contributed by atoms with Crippen LogP contribution in [0.4, 0.5) is 0 Å². The zero-order chi connectivity index (χ0) is 21.8. The lowest BCUT2D eigenvalue weighted by Gasteiger charge is -2.56. The number of carbonyl (C=O) groups excluding carboxylic acids is 1. The highest BCUT2D eigenvalue weighted by Gasteiger charge is 2.62. The summed E-state index contributed by atoms with van der Waals surface area (Å²) in [6.07, 6.45) is 13.6. The molecule has 0 radical (unpaired) electrons. The van der Waals surface area contributed by atoms with Gasteiger partial charge in [-0.2, -0.15) is 10.4 Å². The van der Waals surface area contributed by atoms with Crippen LogP contribution in [0.25, 0.3) is 0 Å². The molecule has 5 nitrogen and oxygen atoms in total. The number of nitrogens with zero attached hydrogens (tertiary/aromatic N) is 3. The fourth-order valence-electron chi connectivity index (χ4n) is 8.64. The minimum absolute atomic E-state index is 0.0267. The van der Waals surface area contributed by atoms with Gasteiger partial charge in [-0.25, -0.2) is 0 Å². The van der Waals surface area contributed by atoms with E-state index in [1.807, 2.05) is 7.11 Å². The van der Waals surface area contributed by atoms with Gasteiger partial charge in [0, 0.05) is 19.2 Å². The van der Waals surface area contributed by atoms with Gasteiger partial charge >= 0.3 is 0 Å². The lowest BCUT2D eigenvalue weighted by Crippen LogP contribution is -2.51. The van der Waals surface area contributed by atoms with Crippen molar-refractivity contribution in [1.29, 1.82) is 5.26 Å². The SMILES string of the molecule is COC1CC(C(=O)Cn2cc(C#N)cn2)C2(C)CCC3C4CCC(C)CC4CCC3C12. The van der Waals surface area contributed by atoms with Crippen molar-refractivity contribution in [2.75, 3.05) is 7.11 Å². The molecule has 1 aromatic heterocycles. The zero-order valence-corrected chi connectivity index (χ0v) is 19.3. The summed E-state index contributed by atoms with van der Waals surface area (Å²) >= 11 is 0. The van der Waals surface area contributed by atoms with Crippen molar-refractivity contribution in [2.45, 2.75) is 77.9 Å². The van der Waals surface area contributed by atoms with E-state index >= 15 is 0 Å². The first-order chi connectivity index (χ1) is 14.9. The van der Waals surface area contributed by atoms with E-state index in [1.54, 1.807) is 17.1 Å². The standard InChI is InChI=1S/C26H37N3O2/c1-16-4-6-19-18(10-16)5-7-21-20(19)8-9-26(2)22(11-24(31-3)25(21)26)23(30)15-29-14-17(12-27)13-28-29/h13-14,16,18-22,24-25H,4-11,15H2,1-3H3. The first kappa shape index (κ1) is 21.2. The average Bonchev–Trinajstić information content (AvgIpc) is 3.34. The van der Waals surface area contributed by atoms with Crippen molar-refractivity contribution < 1.29 is 9.53 Å². The van der Waals surface area contributed by atoms with Crippen LogP contribution < -0.4 is 0 Å². The van der Waals surface area contributed by atoms with Gasteiger partial charge in [-0.3, -0.25) is 9.48 Å². The largest absolute Gasteiger partial charge is 0.381 e. The number of Topliss-reactive ketones (excluding diaryl/α,β-unsaturated/α-hetero) is 1. The van der Waals surface area contributed by atoms with Crippen LogP contribution in [0, 0.1) is 58.2 Å². The number of ether oxygens (including phenoxy) is 1. The van der Waals surface area contributed by atoms with Gasteiger partial charge in [-0.15, -0.1) is 0 Å². The van der Waals surface area contributed by atoms with E-state index in [0.717, 1.165) is 36.5 Å². The molecule has 0 amide bonds. The maximum absolute atomic E-state index is 13.5. The van der Waals surface area contributed by atoms with Crippen LogP contribution in [0.2, 0.25) is 0 Å². The molecule has 9 atom stereocenters. The molecule has 9 unspecified atom stereocenters. The van der Waals surface area contributed by atoms with E-state index in [0.29, 0.717) is 17.4 Å². The van der Waals surface area contributed by atoms with Crippen LogP contribution in [0.5, 0.6) is 0 Å². The molecule has 0 aromatic carbocycles. The zero-order valence-electron chi connectivity index (χ0n) is 19.3. The number of carbonyl (C=O) groups is 1. The predicted octanol–water partition coefficient (Wildman–Crippen LogP) is 4.85. The molecule has 4 aliphatic carbocycles. The number of hydrogen-bond donors (Lipinski definition) is 0. The predicted molar refractivity (Wildman–Crippen MR) is 118 cm³/mol. The lowest BCUT2D eigenvalue weighted by atomic mass is 9.49. The van der Waals surface area contributed by atoms with Crippen LogP contribution in [-0.2, 0) is 16.1 Å². The molecule has 1 aromatic rings. The van der Waals surface area contributed by atoms with Crippen LogP contribution in [0.1, 0.15) is 70.8 Å². The second kappa shape index (κ2) is 8.03. The van der Waals surface area contributed by atoms with Crippen molar-refractivity contribution in [3.05, 3.63) is 18.0 Å². The van der Waals surface area contributed by atoms with E-state index in [-0.39, 0.29) is 29.8 Å². The summed E-state index contributed by atoms with van der Waals surface area (Å²) < 4.78 is 7.72. The maximum Gasteiger partial charge on any atom is 0.157 e. The topological polar surface area (TPSA) is 67.9 Å².